The normalized spacial score (nSPS) is 15.5. The SMILES string of the molecule is CCC1CN(c2ccc(OCC(=O)O)cc2)C1. The van der Waals surface area contributed by atoms with Gasteiger partial charge in [0.25, 0.3) is 0 Å². The third-order valence-corrected chi connectivity index (χ3v) is 3.10. The fraction of sp³-hybridized carbons (Fsp3) is 0.462. The summed E-state index contributed by atoms with van der Waals surface area (Å²) >= 11 is 0. The summed E-state index contributed by atoms with van der Waals surface area (Å²) in [4.78, 5) is 12.7. The highest BCUT2D eigenvalue weighted by atomic mass is 16.5. The smallest absolute Gasteiger partial charge is 0.341 e. The van der Waals surface area contributed by atoms with Crippen LogP contribution in [0.3, 0.4) is 0 Å². The second kappa shape index (κ2) is 5.08. The maximum atomic E-state index is 10.3. The summed E-state index contributed by atoms with van der Waals surface area (Å²) in [6.45, 7) is 4.16. The molecule has 1 aromatic rings. The van der Waals surface area contributed by atoms with Crippen molar-refractivity contribution in [1.29, 1.82) is 0 Å². The molecule has 0 aliphatic carbocycles. The number of rotatable bonds is 5. The predicted molar refractivity (Wildman–Crippen MR) is 65.6 cm³/mol. The molecule has 1 aliphatic heterocycles. The van der Waals surface area contributed by atoms with E-state index in [4.69, 9.17) is 9.84 Å². The third kappa shape index (κ3) is 2.90. The first-order valence-corrected chi connectivity index (χ1v) is 5.88. The van der Waals surface area contributed by atoms with E-state index in [1.54, 1.807) is 0 Å². The average Bonchev–Trinajstić information content (AvgIpc) is 2.26. The molecule has 0 bridgehead atoms. The van der Waals surface area contributed by atoms with Gasteiger partial charge in [0, 0.05) is 18.8 Å². The number of hydrogen-bond acceptors (Lipinski definition) is 3. The first kappa shape index (κ1) is 11.8. The highest BCUT2D eigenvalue weighted by Crippen LogP contribution is 2.27. The van der Waals surface area contributed by atoms with E-state index in [2.05, 4.69) is 11.8 Å². The molecule has 0 aromatic heterocycles. The lowest BCUT2D eigenvalue weighted by molar-refractivity contribution is -0.139. The van der Waals surface area contributed by atoms with Gasteiger partial charge in [-0.05, 0) is 36.6 Å². The maximum Gasteiger partial charge on any atom is 0.341 e. The number of benzene rings is 1. The Morgan fingerprint density at radius 3 is 2.59 bits per heavy atom. The summed E-state index contributed by atoms with van der Waals surface area (Å²) in [6, 6.07) is 7.58. The van der Waals surface area contributed by atoms with Crippen LogP contribution in [-0.4, -0.2) is 30.8 Å². The van der Waals surface area contributed by atoms with Crippen molar-refractivity contribution >= 4 is 11.7 Å². The molecule has 2 rings (SSSR count). The van der Waals surface area contributed by atoms with Gasteiger partial charge in [-0.2, -0.15) is 0 Å². The molecule has 0 atom stereocenters. The molecule has 92 valence electrons. The fourth-order valence-electron chi connectivity index (χ4n) is 1.94. The molecule has 0 saturated carbocycles. The molecule has 1 heterocycles. The monoisotopic (exact) mass is 235 g/mol. The number of hydrogen-bond donors (Lipinski definition) is 1. The fourth-order valence-corrected chi connectivity index (χ4v) is 1.94. The van der Waals surface area contributed by atoms with Gasteiger partial charge >= 0.3 is 5.97 Å². The van der Waals surface area contributed by atoms with Crippen LogP contribution >= 0.6 is 0 Å². The van der Waals surface area contributed by atoms with Gasteiger partial charge in [-0.1, -0.05) is 6.92 Å². The van der Waals surface area contributed by atoms with E-state index in [1.165, 1.54) is 12.1 Å². The molecule has 1 saturated heterocycles. The van der Waals surface area contributed by atoms with Gasteiger partial charge < -0.3 is 14.7 Å². The molecule has 17 heavy (non-hydrogen) atoms. The highest BCUT2D eigenvalue weighted by Gasteiger charge is 2.24. The largest absolute Gasteiger partial charge is 0.482 e. The van der Waals surface area contributed by atoms with Gasteiger partial charge in [-0.25, -0.2) is 4.79 Å². The Bertz CT molecular complexity index is 382. The lowest BCUT2D eigenvalue weighted by atomic mass is 9.96. The summed E-state index contributed by atoms with van der Waals surface area (Å²) in [5, 5.41) is 8.49. The van der Waals surface area contributed by atoms with Crippen molar-refractivity contribution in [3.05, 3.63) is 24.3 Å². The molecular weight excluding hydrogens is 218 g/mol. The second-order valence-corrected chi connectivity index (χ2v) is 4.36. The summed E-state index contributed by atoms with van der Waals surface area (Å²) < 4.78 is 5.08. The zero-order valence-corrected chi connectivity index (χ0v) is 9.93. The number of carbonyl (C=O) groups is 1. The van der Waals surface area contributed by atoms with Crippen LogP contribution in [0, 0.1) is 5.92 Å². The molecule has 0 unspecified atom stereocenters. The van der Waals surface area contributed by atoms with Crippen molar-refractivity contribution in [1.82, 2.24) is 0 Å². The molecule has 0 spiro atoms. The molecule has 1 fully saturated rings. The lowest BCUT2D eigenvalue weighted by Gasteiger charge is -2.40. The first-order valence-electron chi connectivity index (χ1n) is 5.88. The third-order valence-electron chi connectivity index (χ3n) is 3.10. The quantitative estimate of drug-likeness (QED) is 0.848. The summed E-state index contributed by atoms with van der Waals surface area (Å²) in [5.74, 6) is 0.462. The van der Waals surface area contributed by atoms with Crippen LogP contribution < -0.4 is 9.64 Å². The summed E-state index contributed by atoms with van der Waals surface area (Å²) in [7, 11) is 0. The molecular formula is C13H17NO3. The minimum absolute atomic E-state index is 0.291. The molecule has 1 aromatic carbocycles. The van der Waals surface area contributed by atoms with Crippen molar-refractivity contribution in [2.75, 3.05) is 24.6 Å². The van der Waals surface area contributed by atoms with Crippen LogP contribution in [0.1, 0.15) is 13.3 Å². The second-order valence-electron chi connectivity index (χ2n) is 4.36. The van der Waals surface area contributed by atoms with E-state index in [1.807, 2.05) is 24.3 Å². The van der Waals surface area contributed by atoms with Crippen LogP contribution in [0.5, 0.6) is 5.75 Å². The van der Waals surface area contributed by atoms with Gasteiger partial charge in [0.15, 0.2) is 6.61 Å². The van der Waals surface area contributed by atoms with Gasteiger partial charge in [0.2, 0.25) is 0 Å². The molecule has 1 N–H and O–H groups in total. The maximum absolute atomic E-state index is 10.3. The summed E-state index contributed by atoms with van der Waals surface area (Å²) in [6.07, 6.45) is 1.23. The number of aliphatic carboxylic acids is 1. The Morgan fingerprint density at radius 2 is 2.06 bits per heavy atom. The Hall–Kier alpha value is -1.71. The van der Waals surface area contributed by atoms with E-state index >= 15 is 0 Å². The van der Waals surface area contributed by atoms with E-state index in [0.29, 0.717) is 5.75 Å². The Labute approximate surface area is 101 Å². The Morgan fingerprint density at radius 1 is 1.41 bits per heavy atom. The first-order chi connectivity index (χ1) is 8.19. The Balaban J connectivity index is 1.88. The number of carboxylic acids is 1. The van der Waals surface area contributed by atoms with E-state index < -0.39 is 5.97 Å². The Kier molecular flexibility index (Phi) is 3.52. The zero-order valence-electron chi connectivity index (χ0n) is 9.93. The topological polar surface area (TPSA) is 49.8 Å². The van der Waals surface area contributed by atoms with Crippen molar-refractivity contribution in [2.24, 2.45) is 5.92 Å². The molecule has 0 amide bonds. The van der Waals surface area contributed by atoms with Crippen LogP contribution in [0.15, 0.2) is 24.3 Å². The van der Waals surface area contributed by atoms with Crippen molar-refractivity contribution in [2.45, 2.75) is 13.3 Å². The minimum Gasteiger partial charge on any atom is -0.482 e. The lowest BCUT2D eigenvalue weighted by Crippen LogP contribution is -2.46. The van der Waals surface area contributed by atoms with Crippen LogP contribution in [-0.2, 0) is 4.79 Å². The van der Waals surface area contributed by atoms with Crippen LogP contribution in [0.25, 0.3) is 0 Å². The number of anilines is 1. The van der Waals surface area contributed by atoms with Crippen LogP contribution in [0.2, 0.25) is 0 Å². The highest BCUT2D eigenvalue weighted by molar-refractivity contribution is 5.68. The van der Waals surface area contributed by atoms with E-state index in [0.717, 1.165) is 19.0 Å². The van der Waals surface area contributed by atoms with Gasteiger partial charge in [-0.3, -0.25) is 0 Å². The summed E-state index contributed by atoms with van der Waals surface area (Å²) in [5.41, 5.74) is 1.18. The predicted octanol–water partition coefficient (Wildman–Crippen LogP) is 2.00. The number of carboxylic acid groups (broad SMARTS) is 1. The van der Waals surface area contributed by atoms with Crippen molar-refractivity contribution < 1.29 is 14.6 Å². The molecule has 4 nitrogen and oxygen atoms in total. The van der Waals surface area contributed by atoms with Crippen molar-refractivity contribution in [3.63, 3.8) is 0 Å². The van der Waals surface area contributed by atoms with E-state index in [9.17, 15) is 4.79 Å². The van der Waals surface area contributed by atoms with Crippen LogP contribution in [0.4, 0.5) is 5.69 Å². The average molecular weight is 235 g/mol. The standard InChI is InChI=1S/C13H17NO3/c1-2-10-7-14(8-10)11-3-5-12(6-4-11)17-9-13(15)16/h3-6,10H,2,7-9H2,1H3,(H,15,16). The van der Waals surface area contributed by atoms with Gasteiger partial charge in [0.05, 0.1) is 0 Å². The zero-order chi connectivity index (χ0) is 12.3. The van der Waals surface area contributed by atoms with Crippen molar-refractivity contribution in [3.8, 4) is 5.75 Å². The molecule has 0 radical (unpaired) electrons. The number of ether oxygens (including phenoxy) is 1. The van der Waals surface area contributed by atoms with Gasteiger partial charge in [0.1, 0.15) is 5.75 Å². The minimum atomic E-state index is -0.956. The van der Waals surface area contributed by atoms with E-state index in [-0.39, 0.29) is 6.61 Å². The molecule has 1 aliphatic rings. The van der Waals surface area contributed by atoms with Gasteiger partial charge in [-0.15, -0.1) is 0 Å². The number of nitrogens with zero attached hydrogens (tertiary/aromatic N) is 1. The molecule has 4 heteroatoms.